The molecule has 0 spiro atoms. The SMILES string of the molecule is O=C(CSc1ccc(F)cc1)NC1CCN(Cc2ccccc2)CC1. The van der Waals surface area contributed by atoms with E-state index in [1.54, 1.807) is 12.1 Å². The molecule has 132 valence electrons. The molecule has 0 unspecified atom stereocenters. The second-order valence-electron chi connectivity index (χ2n) is 6.35. The highest BCUT2D eigenvalue weighted by Crippen LogP contribution is 2.18. The van der Waals surface area contributed by atoms with Gasteiger partial charge in [-0.2, -0.15) is 0 Å². The van der Waals surface area contributed by atoms with Crippen molar-refractivity contribution in [2.75, 3.05) is 18.8 Å². The van der Waals surface area contributed by atoms with E-state index in [0.29, 0.717) is 5.75 Å². The number of carbonyl (C=O) groups excluding carboxylic acids is 1. The van der Waals surface area contributed by atoms with E-state index < -0.39 is 0 Å². The molecule has 1 aliphatic rings. The number of benzene rings is 2. The summed E-state index contributed by atoms with van der Waals surface area (Å²) in [5, 5.41) is 3.12. The van der Waals surface area contributed by atoms with Crippen molar-refractivity contribution in [1.29, 1.82) is 0 Å². The van der Waals surface area contributed by atoms with Crippen LogP contribution in [0.1, 0.15) is 18.4 Å². The fourth-order valence-corrected chi connectivity index (χ4v) is 3.74. The quantitative estimate of drug-likeness (QED) is 0.799. The zero-order chi connectivity index (χ0) is 17.5. The summed E-state index contributed by atoms with van der Waals surface area (Å²) in [6, 6.07) is 17.0. The van der Waals surface area contributed by atoms with Gasteiger partial charge in [0.25, 0.3) is 0 Å². The number of piperidine rings is 1. The molecule has 0 saturated carbocycles. The van der Waals surface area contributed by atoms with E-state index in [1.165, 1.54) is 29.5 Å². The summed E-state index contributed by atoms with van der Waals surface area (Å²) in [6.07, 6.45) is 1.97. The van der Waals surface area contributed by atoms with Crippen LogP contribution in [0.3, 0.4) is 0 Å². The van der Waals surface area contributed by atoms with Crippen LogP contribution in [0.15, 0.2) is 59.5 Å². The Bertz CT molecular complexity index is 670. The van der Waals surface area contributed by atoms with Crippen LogP contribution in [0.25, 0.3) is 0 Å². The van der Waals surface area contributed by atoms with Gasteiger partial charge in [0.15, 0.2) is 0 Å². The molecule has 0 radical (unpaired) electrons. The minimum atomic E-state index is -0.254. The maximum atomic E-state index is 12.9. The summed E-state index contributed by atoms with van der Waals surface area (Å²) in [4.78, 5) is 15.5. The number of hydrogen-bond donors (Lipinski definition) is 1. The Morgan fingerprint density at radius 2 is 1.76 bits per heavy atom. The predicted molar refractivity (Wildman–Crippen MR) is 100 cm³/mol. The van der Waals surface area contributed by atoms with Crippen molar-refractivity contribution in [3.63, 3.8) is 0 Å². The highest BCUT2D eigenvalue weighted by Gasteiger charge is 2.20. The first-order valence-electron chi connectivity index (χ1n) is 8.63. The molecule has 1 fully saturated rings. The van der Waals surface area contributed by atoms with E-state index in [2.05, 4.69) is 34.5 Å². The van der Waals surface area contributed by atoms with Gasteiger partial charge in [0.05, 0.1) is 5.75 Å². The molecule has 1 aliphatic heterocycles. The van der Waals surface area contributed by atoms with Crippen molar-refractivity contribution in [2.24, 2.45) is 0 Å². The van der Waals surface area contributed by atoms with Crippen LogP contribution < -0.4 is 5.32 Å². The van der Waals surface area contributed by atoms with Gasteiger partial charge in [0.2, 0.25) is 5.91 Å². The van der Waals surface area contributed by atoms with Crippen molar-refractivity contribution in [1.82, 2.24) is 10.2 Å². The van der Waals surface area contributed by atoms with Crippen LogP contribution >= 0.6 is 11.8 Å². The first-order valence-corrected chi connectivity index (χ1v) is 9.61. The minimum Gasteiger partial charge on any atom is -0.353 e. The molecule has 1 amide bonds. The fraction of sp³-hybridized carbons (Fsp3) is 0.350. The number of nitrogens with zero attached hydrogens (tertiary/aromatic N) is 1. The first-order chi connectivity index (χ1) is 12.2. The van der Waals surface area contributed by atoms with Gasteiger partial charge >= 0.3 is 0 Å². The minimum absolute atomic E-state index is 0.0517. The van der Waals surface area contributed by atoms with Gasteiger partial charge < -0.3 is 5.32 Å². The van der Waals surface area contributed by atoms with Crippen LogP contribution in [0.5, 0.6) is 0 Å². The Morgan fingerprint density at radius 1 is 1.08 bits per heavy atom. The van der Waals surface area contributed by atoms with Crippen LogP contribution in [-0.2, 0) is 11.3 Å². The number of rotatable bonds is 6. The van der Waals surface area contributed by atoms with Crippen molar-refractivity contribution in [2.45, 2.75) is 30.3 Å². The number of amides is 1. The van der Waals surface area contributed by atoms with Gasteiger partial charge in [-0.25, -0.2) is 4.39 Å². The van der Waals surface area contributed by atoms with Crippen LogP contribution in [0, 0.1) is 5.82 Å². The summed E-state index contributed by atoms with van der Waals surface area (Å²) in [7, 11) is 0. The van der Waals surface area contributed by atoms with Gasteiger partial charge in [0.1, 0.15) is 5.82 Å². The third kappa shape index (κ3) is 5.87. The fourth-order valence-electron chi connectivity index (χ4n) is 3.03. The summed E-state index contributed by atoms with van der Waals surface area (Å²) in [5.74, 6) is 0.169. The van der Waals surface area contributed by atoms with Crippen LogP contribution in [0.4, 0.5) is 4.39 Å². The average molecular weight is 358 g/mol. The smallest absolute Gasteiger partial charge is 0.230 e. The molecule has 5 heteroatoms. The lowest BCUT2D eigenvalue weighted by molar-refractivity contribution is -0.119. The molecule has 1 N–H and O–H groups in total. The molecular formula is C20H23FN2OS. The van der Waals surface area contributed by atoms with Crippen molar-refractivity contribution in [3.05, 3.63) is 66.0 Å². The van der Waals surface area contributed by atoms with E-state index >= 15 is 0 Å². The number of hydrogen-bond acceptors (Lipinski definition) is 3. The van der Waals surface area contributed by atoms with Gasteiger partial charge in [0, 0.05) is 30.6 Å². The van der Waals surface area contributed by atoms with Crippen LogP contribution in [0.2, 0.25) is 0 Å². The Hall–Kier alpha value is -1.85. The van der Waals surface area contributed by atoms with E-state index in [-0.39, 0.29) is 17.8 Å². The lowest BCUT2D eigenvalue weighted by Crippen LogP contribution is -2.44. The number of carbonyl (C=O) groups is 1. The molecule has 3 nitrogen and oxygen atoms in total. The summed E-state index contributed by atoms with van der Waals surface area (Å²) < 4.78 is 12.9. The summed E-state index contributed by atoms with van der Waals surface area (Å²) in [5.41, 5.74) is 1.33. The number of thioether (sulfide) groups is 1. The monoisotopic (exact) mass is 358 g/mol. The maximum Gasteiger partial charge on any atom is 0.230 e. The molecule has 25 heavy (non-hydrogen) atoms. The van der Waals surface area contributed by atoms with Crippen LogP contribution in [-0.4, -0.2) is 35.7 Å². The van der Waals surface area contributed by atoms with Gasteiger partial charge in [-0.15, -0.1) is 11.8 Å². The molecule has 0 aliphatic carbocycles. The third-order valence-electron chi connectivity index (χ3n) is 4.39. The van der Waals surface area contributed by atoms with Crippen molar-refractivity contribution < 1.29 is 9.18 Å². The maximum absolute atomic E-state index is 12.9. The van der Waals surface area contributed by atoms with E-state index in [4.69, 9.17) is 0 Å². The number of halogens is 1. The second kappa shape index (κ2) is 9.02. The molecule has 0 atom stereocenters. The van der Waals surface area contributed by atoms with E-state index in [9.17, 15) is 9.18 Å². The molecule has 2 aromatic carbocycles. The molecule has 3 rings (SSSR count). The topological polar surface area (TPSA) is 32.3 Å². The molecule has 2 aromatic rings. The molecule has 0 bridgehead atoms. The summed E-state index contributed by atoms with van der Waals surface area (Å²) >= 11 is 1.44. The lowest BCUT2D eigenvalue weighted by atomic mass is 10.0. The standard InChI is InChI=1S/C20H23FN2OS/c21-17-6-8-19(9-7-17)25-15-20(24)22-18-10-12-23(13-11-18)14-16-4-2-1-3-5-16/h1-9,18H,10-15H2,(H,22,24). The molecule has 0 aromatic heterocycles. The molecule has 1 heterocycles. The number of nitrogens with one attached hydrogen (secondary N) is 1. The van der Waals surface area contributed by atoms with E-state index in [1.807, 2.05) is 6.07 Å². The highest BCUT2D eigenvalue weighted by atomic mass is 32.2. The van der Waals surface area contributed by atoms with Crippen molar-refractivity contribution in [3.8, 4) is 0 Å². The summed E-state index contributed by atoms with van der Waals surface area (Å²) in [6.45, 7) is 2.98. The largest absolute Gasteiger partial charge is 0.353 e. The normalized spacial score (nSPS) is 15.9. The van der Waals surface area contributed by atoms with Crippen molar-refractivity contribution >= 4 is 17.7 Å². The Balaban J connectivity index is 1.36. The van der Waals surface area contributed by atoms with Gasteiger partial charge in [-0.05, 0) is 42.7 Å². The Morgan fingerprint density at radius 3 is 2.44 bits per heavy atom. The predicted octanol–water partition coefficient (Wildman–Crippen LogP) is 3.70. The Labute approximate surface area is 152 Å². The highest BCUT2D eigenvalue weighted by molar-refractivity contribution is 8.00. The van der Waals surface area contributed by atoms with Gasteiger partial charge in [-0.3, -0.25) is 9.69 Å². The van der Waals surface area contributed by atoms with Gasteiger partial charge in [-0.1, -0.05) is 30.3 Å². The average Bonchev–Trinajstić information content (AvgIpc) is 2.64. The molecular weight excluding hydrogens is 335 g/mol. The zero-order valence-electron chi connectivity index (χ0n) is 14.2. The zero-order valence-corrected chi connectivity index (χ0v) is 15.0. The third-order valence-corrected chi connectivity index (χ3v) is 5.40. The van der Waals surface area contributed by atoms with E-state index in [0.717, 1.165) is 37.4 Å². The number of likely N-dealkylation sites (tertiary alicyclic amines) is 1. The first kappa shape index (κ1) is 18.0. The second-order valence-corrected chi connectivity index (χ2v) is 7.39. The lowest BCUT2D eigenvalue weighted by Gasteiger charge is -2.32. The Kier molecular flexibility index (Phi) is 6.48. The molecule has 1 saturated heterocycles.